The van der Waals surface area contributed by atoms with Gasteiger partial charge in [-0.05, 0) is 25.2 Å². The summed E-state index contributed by atoms with van der Waals surface area (Å²) >= 11 is 0. The van der Waals surface area contributed by atoms with E-state index in [-0.39, 0.29) is 0 Å². The summed E-state index contributed by atoms with van der Waals surface area (Å²) < 4.78 is 4.72. The lowest BCUT2D eigenvalue weighted by atomic mass is 9.98. The summed E-state index contributed by atoms with van der Waals surface area (Å²) in [6.45, 7) is 3.27. The molecule has 96 valence electrons. The van der Waals surface area contributed by atoms with Gasteiger partial charge in [-0.15, -0.1) is 0 Å². The van der Waals surface area contributed by atoms with Crippen molar-refractivity contribution in [3.63, 3.8) is 0 Å². The Labute approximate surface area is 103 Å². The molecule has 0 spiro atoms. The Kier molecular flexibility index (Phi) is 4.98. The van der Waals surface area contributed by atoms with Crippen LogP contribution in [0, 0.1) is 5.92 Å². The van der Waals surface area contributed by atoms with Crippen molar-refractivity contribution in [3.8, 4) is 0 Å². The Morgan fingerprint density at radius 2 is 2.29 bits per heavy atom. The maximum Gasteiger partial charge on any atom is 0.213 e. The molecule has 1 N–H and O–H groups in total. The fraction of sp³-hybridized carbons (Fsp3) is 0.846. The quantitative estimate of drug-likeness (QED) is 0.800. The average Bonchev–Trinajstić information content (AvgIpc) is 2.75. The predicted octanol–water partition coefficient (Wildman–Crippen LogP) is 2.56. The highest BCUT2D eigenvalue weighted by Crippen LogP contribution is 2.25. The van der Waals surface area contributed by atoms with Crippen molar-refractivity contribution in [2.24, 2.45) is 5.92 Å². The van der Waals surface area contributed by atoms with E-state index < -0.39 is 0 Å². The molecule has 0 radical (unpaired) electrons. The van der Waals surface area contributed by atoms with E-state index in [1.54, 1.807) is 0 Å². The maximum atomic E-state index is 4.72. The SMILES string of the molecule is CCC1CCCC(NCCc2ncon2)CC1. The Morgan fingerprint density at radius 1 is 1.35 bits per heavy atom. The summed E-state index contributed by atoms with van der Waals surface area (Å²) in [6, 6.07) is 0.693. The van der Waals surface area contributed by atoms with Gasteiger partial charge in [0, 0.05) is 19.0 Å². The Hall–Kier alpha value is -0.900. The van der Waals surface area contributed by atoms with Crippen molar-refractivity contribution < 1.29 is 4.52 Å². The average molecular weight is 237 g/mol. The van der Waals surface area contributed by atoms with Crippen LogP contribution in [0.2, 0.25) is 0 Å². The number of nitrogens with zero attached hydrogens (tertiary/aromatic N) is 2. The van der Waals surface area contributed by atoms with Crippen LogP contribution in [0.4, 0.5) is 0 Å². The summed E-state index contributed by atoms with van der Waals surface area (Å²) in [5.74, 6) is 1.76. The lowest BCUT2D eigenvalue weighted by Gasteiger charge is -2.15. The van der Waals surface area contributed by atoms with E-state index in [1.165, 1.54) is 44.9 Å². The molecule has 0 saturated heterocycles. The van der Waals surface area contributed by atoms with Crippen LogP contribution in [-0.4, -0.2) is 22.7 Å². The molecular weight excluding hydrogens is 214 g/mol. The summed E-state index contributed by atoms with van der Waals surface area (Å²) in [6.07, 6.45) is 10.4. The first kappa shape index (κ1) is 12.6. The van der Waals surface area contributed by atoms with Crippen molar-refractivity contribution >= 4 is 0 Å². The Balaban J connectivity index is 1.65. The van der Waals surface area contributed by atoms with Crippen LogP contribution in [0.5, 0.6) is 0 Å². The van der Waals surface area contributed by atoms with Gasteiger partial charge in [0.2, 0.25) is 6.39 Å². The topological polar surface area (TPSA) is 51.0 Å². The zero-order valence-electron chi connectivity index (χ0n) is 10.7. The lowest BCUT2D eigenvalue weighted by Crippen LogP contribution is -2.30. The summed E-state index contributed by atoms with van der Waals surface area (Å²) in [5.41, 5.74) is 0. The van der Waals surface area contributed by atoms with Crippen molar-refractivity contribution in [2.75, 3.05) is 6.54 Å². The third kappa shape index (κ3) is 4.11. The minimum absolute atomic E-state index is 0.693. The van der Waals surface area contributed by atoms with Crippen LogP contribution in [-0.2, 0) is 6.42 Å². The molecule has 4 heteroatoms. The van der Waals surface area contributed by atoms with Gasteiger partial charge in [-0.25, -0.2) is 0 Å². The Bertz CT molecular complexity index is 300. The first-order chi connectivity index (χ1) is 8.38. The predicted molar refractivity (Wildman–Crippen MR) is 66.7 cm³/mol. The van der Waals surface area contributed by atoms with Crippen molar-refractivity contribution in [2.45, 2.75) is 57.9 Å². The molecule has 0 aliphatic heterocycles. The second-order valence-electron chi connectivity index (χ2n) is 5.03. The molecule has 17 heavy (non-hydrogen) atoms. The van der Waals surface area contributed by atoms with E-state index in [0.29, 0.717) is 6.04 Å². The molecule has 1 aromatic rings. The highest BCUT2D eigenvalue weighted by atomic mass is 16.5. The van der Waals surface area contributed by atoms with Gasteiger partial charge in [0.15, 0.2) is 5.82 Å². The molecule has 1 aromatic heterocycles. The molecule has 2 unspecified atom stereocenters. The van der Waals surface area contributed by atoms with Crippen molar-refractivity contribution in [1.82, 2.24) is 15.5 Å². The third-order valence-electron chi connectivity index (χ3n) is 3.85. The zero-order chi connectivity index (χ0) is 11.9. The third-order valence-corrected chi connectivity index (χ3v) is 3.85. The smallest absolute Gasteiger partial charge is 0.213 e. The summed E-state index contributed by atoms with van der Waals surface area (Å²) in [7, 11) is 0. The van der Waals surface area contributed by atoms with E-state index in [4.69, 9.17) is 4.52 Å². The monoisotopic (exact) mass is 237 g/mol. The van der Waals surface area contributed by atoms with Gasteiger partial charge >= 0.3 is 0 Å². The highest BCUT2D eigenvalue weighted by molar-refractivity contribution is 4.81. The summed E-state index contributed by atoms with van der Waals surface area (Å²) in [4.78, 5) is 4.02. The second kappa shape index (κ2) is 6.74. The first-order valence-corrected chi connectivity index (χ1v) is 6.87. The summed E-state index contributed by atoms with van der Waals surface area (Å²) in [5, 5.41) is 7.44. The molecule has 1 saturated carbocycles. The zero-order valence-corrected chi connectivity index (χ0v) is 10.7. The molecule has 1 aliphatic carbocycles. The molecule has 4 nitrogen and oxygen atoms in total. The van der Waals surface area contributed by atoms with Gasteiger partial charge < -0.3 is 9.84 Å². The van der Waals surface area contributed by atoms with Crippen LogP contribution in [0.3, 0.4) is 0 Å². The van der Waals surface area contributed by atoms with Gasteiger partial charge in [-0.1, -0.05) is 31.3 Å². The van der Waals surface area contributed by atoms with Crippen LogP contribution in [0.25, 0.3) is 0 Å². The normalized spacial score (nSPS) is 25.7. The largest absolute Gasteiger partial charge is 0.343 e. The molecule has 1 heterocycles. The number of aromatic nitrogens is 2. The van der Waals surface area contributed by atoms with Crippen molar-refractivity contribution in [3.05, 3.63) is 12.2 Å². The number of hydrogen-bond donors (Lipinski definition) is 1. The standard InChI is InChI=1S/C13H23N3O/c1-2-11-4-3-5-12(7-6-11)14-9-8-13-15-10-17-16-13/h10-12,14H,2-9H2,1H3. The molecular formula is C13H23N3O. The highest BCUT2D eigenvalue weighted by Gasteiger charge is 2.17. The minimum Gasteiger partial charge on any atom is -0.343 e. The molecule has 1 fully saturated rings. The molecule has 2 atom stereocenters. The minimum atomic E-state index is 0.693. The molecule has 0 amide bonds. The maximum absolute atomic E-state index is 4.72. The van der Waals surface area contributed by atoms with E-state index in [0.717, 1.165) is 24.7 Å². The van der Waals surface area contributed by atoms with Crippen LogP contribution in [0.15, 0.2) is 10.9 Å². The lowest BCUT2D eigenvalue weighted by molar-refractivity contribution is 0.404. The van der Waals surface area contributed by atoms with E-state index in [2.05, 4.69) is 22.4 Å². The molecule has 0 aromatic carbocycles. The Morgan fingerprint density at radius 3 is 3.06 bits per heavy atom. The van der Waals surface area contributed by atoms with E-state index >= 15 is 0 Å². The number of rotatable bonds is 5. The van der Waals surface area contributed by atoms with Gasteiger partial charge in [-0.3, -0.25) is 0 Å². The molecule has 0 bridgehead atoms. The van der Waals surface area contributed by atoms with Crippen molar-refractivity contribution in [1.29, 1.82) is 0 Å². The fourth-order valence-corrected chi connectivity index (χ4v) is 2.68. The number of nitrogens with one attached hydrogen (secondary N) is 1. The van der Waals surface area contributed by atoms with Gasteiger partial charge in [0.05, 0.1) is 0 Å². The second-order valence-corrected chi connectivity index (χ2v) is 5.03. The fourth-order valence-electron chi connectivity index (χ4n) is 2.68. The van der Waals surface area contributed by atoms with Gasteiger partial charge in [0.1, 0.15) is 0 Å². The number of hydrogen-bond acceptors (Lipinski definition) is 4. The molecule has 1 aliphatic rings. The van der Waals surface area contributed by atoms with Crippen LogP contribution < -0.4 is 5.32 Å². The van der Waals surface area contributed by atoms with Crippen LogP contribution in [0.1, 0.15) is 51.3 Å². The van der Waals surface area contributed by atoms with E-state index in [1.807, 2.05) is 0 Å². The first-order valence-electron chi connectivity index (χ1n) is 6.87. The molecule has 2 rings (SSSR count). The van der Waals surface area contributed by atoms with Gasteiger partial charge in [-0.2, -0.15) is 4.98 Å². The van der Waals surface area contributed by atoms with E-state index in [9.17, 15) is 0 Å². The van der Waals surface area contributed by atoms with Crippen LogP contribution >= 0.6 is 0 Å². The van der Waals surface area contributed by atoms with Gasteiger partial charge in [0.25, 0.3) is 0 Å².